The molecular formula is C23H19NO4. The maximum atomic E-state index is 9.54. The van der Waals surface area contributed by atoms with E-state index >= 15 is 0 Å². The first-order valence-corrected chi connectivity index (χ1v) is 8.77. The normalized spacial score (nSPS) is 10.6. The van der Waals surface area contributed by atoms with E-state index in [4.69, 9.17) is 18.9 Å². The number of benzene rings is 3. The number of aromatic nitrogens is 1. The van der Waals surface area contributed by atoms with Crippen LogP contribution in [0.15, 0.2) is 77.2 Å². The summed E-state index contributed by atoms with van der Waals surface area (Å²) in [6.45, 7) is 0. The molecule has 0 aliphatic rings. The summed E-state index contributed by atoms with van der Waals surface area (Å²) >= 11 is 0. The van der Waals surface area contributed by atoms with Gasteiger partial charge in [-0.05, 0) is 72.8 Å². The van der Waals surface area contributed by atoms with Crippen molar-refractivity contribution < 1.29 is 19.0 Å². The average Bonchev–Trinajstić information content (AvgIpc) is 3.20. The van der Waals surface area contributed by atoms with E-state index in [1.807, 2.05) is 48.5 Å². The number of hydrogen-bond donors (Lipinski definition) is 1. The number of aromatic hydroxyl groups is 1. The van der Waals surface area contributed by atoms with Gasteiger partial charge in [0.15, 0.2) is 5.76 Å². The Morgan fingerprint density at radius 2 is 1.18 bits per heavy atom. The van der Waals surface area contributed by atoms with Crippen LogP contribution in [0.5, 0.6) is 17.2 Å². The Balaban J connectivity index is 1.84. The zero-order valence-corrected chi connectivity index (χ0v) is 15.5. The van der Waals surface area contributed by atoms with E-state index in [1.165, 1.54) is 0 Å². The molecule has 0 radical (unpaired) electrons. The van der Waals surface area contributed by atoms with Crippen LogP contribution >= 0.6 is 0 Å². The first-order valence-electron chi connectivity index (χ1n) is 8.77. The fraction of sp³-hybridized carbons (Fsp3) is 0.0870. The molecule has 3 aromatic carbocycles. The number of phenolic OH excluding ortho intramolecular Hbond substituents is 1. The molecule has 5 heteroatoms. The molecule has 0 saturated carbocycles. The summed E-state index contributed by atoms with van der Waals surface area (Å²) in [5.74, 6) is 2.89. The number of nitrogens with zero attached hydrogens (tertiary/aromatic N) is 1. The lowest BCUT2D eigenvalue weighted by Gasteiger charge is -2.04. The van der Waals surface area contributed by atoms with Crippen LogP contribution in [-0.2, 0) is 0 Å². The molecule has 1 heterocycles. The monoisotopic (exact) mass is 373 g/mol. The van der Waals surface area contributed by atoms with Gasteiger partial charge in [-0.1, -0.05) is 0 Å². The maximum absolute atomic E-state index is 9.54. The van der Waals surface area contributed by atoms with Crippen LogP contribution in [0.1, 0.15) is 0 Å². The first kappa shape index (κ1) is 17.7. The number of methoxy groups -OCH3 is 2. The highest BCUT2D eigenvalue weighted by atomic mass is 16.5. The Kier molecular flexibility index (Phi) is 4.72. The van der Waals surface area contributed by atoms with E-state index < -0.39 is 0 Å². The molecule has 1 aromatic heterocycles. The summed E-state index contributed by atoms with van der Waals surface area (Å²) in [5, 5.41) is 9.54. The Labute approximate surface area is 162 Å². The molecule has 0 amide bonds. The third-order valence-electron chi connectivity index (χ3n) is 4.46. The molecule has 0 bridgehead atoms. The number of oxazole rings is 1. The van der Waals surface area contributed by atoms with Gasteiger partial charge in [-0.25, -0.2) is 4.98 Å². The van der Waals surface area contributed by atoms with Crippen molar-refractivity contribution in [3.8, 4) is 51.3 Å². The van der Waals surface area contributed by atoms with E-state index in [2.05, 4.69) is 0 Å². The minimum atomic E-state index is 0.195. The molecule has 5 nitrogen and oxygen atoms in total. The van der Waals surface area contributed by atoms with Gasteiger partial charge in [-0.15, -0.1) is 0 Å². The maximum Gasteiger partial charge on any atom is 0.227 e. The minimum Gasteiger partial charge on any atom is -0.508 e. The van der Waals surface area contributed by atoms with Gasteiger partial charge in [0.1, 0.15) is 22.9 Å². The van der Waals surface area contributed by atoms with Gasteiger partial charge in [-0.3, -0.25) is 0 Å². The third-order valence-corrected chi connectivity index (χ3v) is 4.46. The van der Waals surface area contributed by atoms with Crippen LogP contribution in [0.25, 0.3) is 34.0 Å². The molecule has 0 saturated heterocycles. The van der Waals surface area contributed by atoms with E-state index in [0.717, 1.165) is 33.9 Å². The van der Waals surface area contributed by atoms with Gasteiger partial charge in [0.2, 0.25) is 5.89 Å². The summed E-state index contributed by atoms with van der Waals surface area (Å²) in [4.78, 5) is 4.73. The summed E-state index contributed by atoms with van der Waals surface area (Å²) < 4.78 is 16.6. The standard InChI is InChI=1S/C23H19NO4/c1-26-19-11-5-15(6-12-19)21-22(16-7-13-20(27-2)14-8-16)28-23(24-21)17-3-9-18(25)10-4-17/h3-14,25H,1-2H3. The van der Waals surface area contributed by atoms with Crippen molar-refractivity contribution in [2.24, 2.45) is 0 Å². The number of rotatable bonds is 5. The highest BCUT2D eigenvalue weighted by Gasteiger charge is 2.18. The molecule has 4 rings (SSSR count). The predicted octanol–water partition coefficient (Wildman–Crippen LogP) is 5.40. The van der Waals surface area contributed by atoms with Crippen LogP contribution < -0.4 is 9.47 Å². The predicted molar refractivity (Wildman–Crippen MR) is 108 cm³/mol. The minimum absolute atomic E-state index is 0.195. The molecule has 0 aliphatic heterocycles. The molecule has 0 unspecified atom stereocenters. The van der Waals surface area contributed by atoms with Crippen LogP contribution in [0.2, 0.25) is 0 Å². The van der Waals surface area contributed by atoms with Gasteiger partial charge in [0.25, 0.3) is 0 Å². The van der Waals surface area contributed by atoms with Gasteiger partial charge < -0.3 is 19.0 Å². The average molecular weight is 373 g/mol. The lowest BCUT2D eigenvalue weighted by atomic mass is 10.1. The van der Waals surface area contributed by atoms with Crippen molar-refractivity contribution in [3.05, 3.63) is 72.8 Å². The SMILES string of the molecule is COc1ccc(-c2nc(-c3ccc(O)cc3)oc2-c2ccc(OC)cc2)cc1. The van der Waals surface area contributed by atoms with Crippen LogP contribution in [0.4, 0.5) is 0 Å². The van der Waals surface area contributed by atoms with E-state index in [-0.39, 0.29) is 5.75 Å². The summed E-state index contributed by atoms with van der Waals surface area (Å²) in [6.07, 6.45) is 0. The summed E-state index contributed by atoms with van der Waals surface area (Å²) in [5.41, 5.74) is 3.33. The van der Waals surface area contributed by atoms with Crippen molar-refractivity contribution in [2.75, 3.05) is 14.2 Å². The second-order valence-electron chi connectivity index (χ2n) is 6.20. The molecule has 4 aromatic rings. The largest absolute Gasteiger partial charge is 0.508 e. The quantitative estimate of drug-likeness (QED) is 0.507. The fourth-order valence-electron chi connectivity index (χ4n) is 2.93. The van der Waals surface area contributed by atoms with Crippen molar-refractivity contribution in [3.63, 3.8) is 0 Å². The first-order chi connectivity index (χ1) is 13.7. The number of phenols is 1. The lowest BCUT2D eigenvalue weighted by molar-refractivity contribution is 0.414. The highest BCUT2D eigenvalue weighted by molar-refractivity contribution is 5.79. The van der Waals surface area contributed by atoms with Gasteiger partial charge in [-0.2, -0.15) is 0 Å². The Bertz CT molecular complexity index is 1000. The van der Waals surface area contributed by atoms with Crippen molar-refractivity contribution in [2.45, 2.75) is 0 Å². The molecule has 0 spiro atoms. The third kappa shape index (κ3) is 3.42. The second kappa shape index (κ2) is 7.48. The van der Waals surface area contributed by atoms with Crippen molar-refractivity contribution in [1.82, 2.24) is 4.98 Å². The summed E-state index contributed by atoms with van der Waals surface area (Å²) in [6, 6.07) is 22.1. The van der Waals surface area contributed by atoms with Crippen molar-refractivity contribution >= 4 is 0 Å². The zero-order chi connectivity index (χ0) is 19.5. The second-order valence-corrected chi connectivity index (χ2v) is 6.20. The molecule has 140 valence electrons. The smallest absolute Gasteiger partial charge is 0.227 e. The van der Waals surface area contributed by atoms with Gasteiger partial charge in [0.05, 0.1) is 14.2 Å². The molecule has 0 fully saturated rings. The summed E-state index contributed by atoms with van der Waals surface area (Å²) in [7, 11) is 3.27. The topological polar surface area (TPSA) is 64.7 Å². The Morgan fingerprint density at radius 3 is 1.71 bits per heavy atom. The molecular weight excluding hydrogens is 354 g/mol. The number of ether oxygens (including phenoxy) is 2. The van der Waals surface area contributed by atoms with Crippen LogP contribution in [0.3, 0.4) is 0 Å². The molecule has 0 aliphatic carbocycles. The van der Waals surface area contributed by atoms with Crippen LogP contribution in [-0.4, -0.2) is 24.3 Å². The van der Waals surface area contributed by atoms with E-state index in [0.29, 0.717) is 11.7 Å². The van der Waals surface area contributed by atoms with E-state index in [9.17, 15) is 5.11 Å². The number of hydrogen-bond acceptors (Lipinski definition) is 5. The zero-order valence-electron chi connectivity index (χ0n) is 15.5. The van der Waals surface area contributed by atoms with Crippen molar-refractivity contribution in [1.29, 1.82) is 0 Å². The molecule has 1 N–H and O–H groups in total. The lowest BCUT2D eigenvalue weighted by Crippen LogP contribution is -1.86. The fourth-order valence-corrected chi connectivity index (χ4v) is 2.93. The highest BCUT2D eigenvalue weighted by Crippen LogP contribution is 2.37. The Morgan fingerprint density at radius 1 is 0.679 bits per heavy atom. The van der Waals surface area contributed by atoms with Gasteiger partial charge in [0, 0.05) is 16.7 Å². The molecule has 28 heavy (non-hydrogen) atoms. The van der Waals surface area contributed by atoms with E-state index in [1.54, 1.807) is 38.5 Å². The Hall–Kier alpha value is -3.73. The molecule has 0 atom stereocenters. The van der Waals surface area contributed by atoms with Gasteiger partial charge >= 0.3 is 0 Å². The van der Waals surface area contributed by atoms with Crippen LogP contribution in [0, 0.1) is 0 Å².